The highest BCUT2D eigenvalue weighted by molar-refractivity contribution is 6.31. The molecule has 0 spiro atoms. The summed E-state index contributed by atoms with van der Waals surface area (Å²) in [6.45, 7) is 2.28. The van der Waals surface area contributed by atoms with E-state index < -0.39 is 6.04 Å². The number of ether oxygens (including phenoxy) is 2. The first kappa shape index (κ1) is 22.7. The number of amides is 2. The summed E-state index contributed by atoms with van der Waals surface area (Å²) in [5.74, 6) is 0.798. The first-order valence-electron chi connectivity index (χ1n) is 10.6. The van der Waals surface area contributed by atoms with Crippen LogP contribution in [0.4, 0.5) is 5.69 Å². The molecule has 1 heterocycles. The maximum absolute atomic E-state index is 13.2. The molecule has 6 nitrogen and oxygen atoms in total. The minimum absolute atomic E-state index is 0.0706. The number of anilines is 1. The highest BCUT2D eigenvalue weighted by Crippen LogP contribution is 2.37. The summed E-state index contributed by atoms with van der Waals surface area (Å²) >= 11 is 6.21. The molecule has 4 rings (SSSR count). The van der Waals surface area contributed by atoms with E-state index in [2.05, 4.69) is 5.32 Å². The van der Waals surface area contributed by atoms with E-state index in [-0.39, 0.29) is 18.2 Å². The number of benzene rings is 3. The monoisotopic (exact) mass is 464 g/mol. The normalized spacial score (nSPS) is 13.5. The lowest BCUT2D eigenvalue weighted by Gasteiger charge is -2.28. The molecule has 0 aliphatic carbocycles. The molecule has 1 unspecified atom stereocenters. The summed E-state index contributed by atoms with van der Waals surface area (Å²) in [6.07, 6.45) is 0.0706. The third-order valence-corrected chi connectivity index (χ3v) is 6.35. The van der Waals surface area contributed by atoms with Gasteiger partial charge in [-0.25, -0.2) is 0 Å². The molecule has 0 radical (unpaired) electrons. The Morgan fingerprint density at radius 2 is 1.82 bits per heavy atom. The first-order chi connectivity index (χ1) is 15.9. The van der Waals surface area contributed by atoms with Crippen molar-refractivity contribution in [2.75, 3.05) is 19.5 Å². The molecule has 3 aromatic carbocycles. The van der Waals surface area contributed by atoms with Crippen LogP contribution in [0.15, 0.2) is 60.7 Å². The lowest BCUT2D eigenvalue weighted by molar-refractivity contribution is -0.117. The summed E-state index contributed by atoms with van der Waals surface area (Å²) in [4.78, 5) is 28.1. The lowest BCUT2D eigenvalue weighted by atomic mass is 10.0. The number of methoxy groups -OCH3 is 2. The van der Waals surface area contributed by atoms with E-state index in [0.717, 1.165) is 16.7 Å². The van der Waals surface area contributed by atoms with Gasteiger partial charge in [-0.05, 0) is 53.9 Å². The summed E-state index contributed by atoms with van der Waals surface area (Å²) < 4.78 is 10.8. The summed E-state index contributed by atoms with van der Waals surface area (Å²) in [6, 6.07) is 17.9. The number of fused-ring (bicyclic) bond motifs is 1. The van der Waals surface area contributed by atoms with Crippen LogP contribution in [0, 0.1) is 6.92 Å². The van der Waals surface area contributed by atoms with E-state index in [1.54, 1.807) is 43.4 Å². The molecule has 2 amide bonds. The average molecular weight is 465 g/mol. The minimum Gasteiger partial charge on any atom is -0.493 e. The van der Waals surface area contributed by atoms with E-state index in [1.165, 1.54) is 0 Å². The lowest BCUT2D eigenvalue weighted by Crippen LogP contribution is -2.32. The largest absolute Gasteiger partial charge is 0.493 e. The van der Waals surface area contributed by atoms with Crippen molar-refractivity contribution in [1.82, 2.24) is 4.90 Å². The Kier molecular flexibility index (Phi) is 6.56. The highest BCUT2D eigenvalue weighted by Gasteiger charge is 2.35. The zero-order chi connectivity index (χ0) is 23.5. The van der Waals surface area contributed by atoms with Gasteiger partial charge in [0, 0.05) is 22.8 Å². The molecule has 1 aliphatic heterocycles. The highest BCUT2D eigenvalue weighted by atomic mass is 35.5. The second-order valence-corrected chi connectivity index (χ2v) is 8.29. The molecular weight excluding hydrogens is 440 g/mol. The standard InChI is InChI=1S/C26H25ClN2O4/c1-16-20(27)9-6-10-21(16)28-25(30)14-22(17-11-12-23(32-2)24(13-17)33-3)29-15-18-7-4-5-8-19(18)26(29)31/h4-13,22H,14-15H2,1-3H3,(H,28,30). The molecule has 0 aromatic heterocycles. The van der Waals surface area contributed by atoms with Gasteiger partial charge in [0.25, 0.3) is 5.91 Å². The fraction of sp³-hybridized carbons (Fsp3) is 0.231. The van der Waals surface area contributed by atoms with Crippen molar-refractivity contribution in [3.05, 3.63) is 87.9 Å². The summed E-state index contributed by atoms with van der Waals surface area (Å²) in [5.41, 5.74) is 3.83. The third kappa shape index (κ3) is 4.52. The Hall–Kier alpha value is -3.51. The zero-order valence-electron chi connectivity index (χ0n) is 18.7. The number of hydrogen-bond acceptors (Lipinski definition) is 4. The number of halogens is 1. The SMILES string of the molecule is COc1ccc(C(CC(=O)Nc2cccc(Cl)c2C)N2Cc3ccccc3C2=O)cc1OC. The maximum Gasteiger partial charge on any atom is 0.255 e. The second kappa shape index (κ2) is 9.55. The van der Waals surface area contributed by atoms with Crippen LogP contribution >= 0.6 is 11.6 Å². The minimum atomic E-state index is -0.496. The van der Waals surface area contributed by atoms with Gasteiger partial charge in [-0.2, -0.15) is 0 Å². The Morgan fingerprint density at radius 3 is 2.55 bits per heavy atom. The fourth-order valence-corrected chi connectivity index (χ4v) is 4.29. The molecule has 7 heteroatoms. The zero-order valence-corrected chi connectivity index (χ0v) is 19.5. The molecule has 0 fully saturated rings. The molecule has 33 heavy (non-hydrogen) atoms. The Bertz CT molecular complexity index is 1210. The molecule has 1 aliphatic rings. The van der Waals surface area contributed by atoms with Gasteiger partial charge in [0.2, 0.25) is 5.91 Å². The molecular formula is C26H25ClN2O4. The van der Waals surface area contributed by atoms with Crippen LogP contribution in [-0.2, 0) is 11.3 Å². The van der Waals surface area contributed by atoms with Crippen molar-refractivity contribution in [1.29, 1.82) is 0 Å². The quantitative estimate of drug-likeness (QED) is 0.509. The smallest absolute Gasteiger partial charge is 0.255 e. The van der Waals surface area contributed by atoms with Gasteiger partial charge in [0.15, 0.2) is 11.5 Å². The average Bonchev–Trinajstić information content (AvgIpc) is 3.16. The fourth-order valence-electron chi connectivity index (χ4n) is 4.12. The van der Waals surface area contributed by atoms with Crippen molar-refractivity contribution in [2.45, 2.75) is 25.9 Å². The van der Waals surface area contributed by atoms with Crippen LogP contribution < -0.4 is 14.8 Å². The van der Waals surface area contributed by atoms with Gasteiger partial charge in [-0.1, -0.05) is 41.9 Å². The van der Waals surface area contributed by atoms with Crippen molar-refractivity contribution < 1.29 is 19.1 Å². The number of nitrogens with zero attached hydrogens (tertiary/aromatic N) is 1. The molecule has 1 atom stereocenters. The van der Waals surface area contributed by atoms with Gasteiger partial charge in [0.05, 0.1) is 26.7 Å². The topological polar surface area (TPSA) is 67.9 Å². The number of hydrogen-bond donors (Lipinski definition) is 1. The van der Waals surface area contributed by atoms with Gasteiger partial charge < -0.3 is 19.7 Å². The van der Waals surface area contributed by atoms with Crippen LogP contribution in [0.3, 0.4) is 0 Å². The van der Waals surface area contributed by atoms with Gasteiger partial charge in [-0.15, -0.1) is 0 Å². The maximum atomic E-state index is 13.2. The van der Waals surface area contributed by atoms with Gasteiger partial charge in [0.1, 0.15) is 0 Å². The van der Waals surface area contributed by atoms with Crippen LogP contribution in [0.5, 0.6) is 11.5 Å². The van der Waals surface area contributed by atoms with Crippen LogP contribution in [0.1, 0.15) is 39.5 Å². The van der Waals surface area contributed by atoms with Crippen molar-refractivity contribution in [2.24, 2.45) is 0 Å². The number of nitrogens with one attached hydrogen (secondary N) is 1. The number of rotatable bonds is 7. The van der Waals surface area contributed by atoms with Gasteiger partial charge >= 0.3 is 0 Å². The predicted octanol–water partition coefficient (Wildman–Crippen LogP) is 5.39. The van der Waals surface area contributed by atoms with Crippen molar-refractivity contribution in [3.8, 4) is 11.5 Å². The van der Waals surface area contributed by atoms with Crippen LogP contribution in [0.2, 0.25) is 5.02 Å². The third-order valence-electron chi connectivity index (χ3n) is 5.94. The van der Waals surface area contributed by atoms with E-state index in [0.29, 0.717) is 34.3 Å². The van der Waals surface area contributed by atoms with E-state index in [1.807, 2.05) is 43.3 Å². The van der Waals surface area contributed by atoms with E-state index >= 15 is 0 Å². The van der Waals surface area contributed by atoms with Gasteiger partial charge in [-0.3, -0.25) is 9.59 Å². The van der Waals surface area contributed by atoms with E-state index in [4.69, 9.17) is 21.1 Å². The van der Waals surface area contributed by atoms with Crippen LogP contribution in [-0.4, -0.2) is 30.9 Å². The Morgan fingerprint density at radius 1 is 1.06 bits per heavy atom. The second-order valence-electron chi connectivity index (χ2n) is 7.89. The molecule has 1 N–H and O–H groups in total. The van der Waals surface area contributed by atoms with Crippen molar-refractivity contribution >= 4 is 29.1 Å². The molecule has 0 bridgehead atoms. The molecule has 170 valence electrons. The molecule has 0 saturated heterocycles. The predicted molar refractivity (Wildman–Crippen MR) is 128 cm³/mol. The number of carbonyl (C=O) groups excluding carboxylic acids is 2. The van der Waals surface area contributed by atoms with E-state index in [9.17, 15) is 9.59 Å². The van der Waals surface area contributed by atoms with Crippen LogP contribution in [0.25, 0.3) is 0 Å². The summed E-state index contributed by atoms with van der Waals surface area (Å²) in [5, 5.41) is 3.52. The Balaban J connectivity index is 1.67. The first-order valence-corrected chi connectivity index (χ1v) is 11.0. The molecule has 3 aromatic rings. The summed E-state index contributed by atoms with van der Waals surface area (Å²) in [7, 11) is 3.12. The Labute approximate surface area is 198 Å². The van der Waals surface area contributed by atoms with Crippen molar-refractivity contribution in [3.63, 3.8) is 0 Å². The molecule has 0 saturated carbocycles. The number of carbonyl (C=O) groups is 2.